The van der Waals surface area contributed by atoms with E-state index < -0.39 is 0 Å². The van der Waals surface area contributed by atoms with Gasteiger partial charge in [-0.2, -0.15) is 4.98 Å². The molecule has 5 heteroatoms. The lowest BCUT2D eigenvalue weighted by atomic mass is 9.98. The standard InChI is InChI=1S/C19H27N3O2/c1-14-7-8-18(12-15(14)2)23-11-5-10-22-9-4-6-17(13-22)19-20-16(3)21-24-19/h7-8,12,17H,4-6,9-11,13H2,1-3H3/t17-/m0/s1. The zero-order valence-electron chi connectivity index (χ0n) is 14.9. The van der Waals surface area contributed by atoms with Crippen LogP contribution in [0.1, 0.15) is 48.0 Å². The van der Waals surface area contributed by atoms with Crippen molar-refractivity contribution in [3.05, 3.63) is 41.0 Å². The van der Waals surface area contributed by atoms with E-state index in [2.05, 4.69) is 47.1 Å². The number of aromatic nitrogens is 2. The van der Waals surface area contributed by atoms with Crippen LogP contribution in [0, 0.1) is 20.8 Å². The maximum atomic E-state index is 5.88. The third-order valence-electron chi connectivity index (χ3n) is 4.76. The van der Waals surface area contributed by atoms with Crippen LogP contribution in [0.15, 0.2) is 22.7 Å². The largest absolute Gasteiger partial charge is 0.494 e. The summed E-state index contributed by atoms with van der Waals surface area (Å²) in [6.45, 7) is 10.1. The number of piperidine rings is 1. The van der Waals surface area contributed by atoms with E-state index in [0.29, 0.717) is 5.92 Å². The van der Waals surface area contributed by atoms with Gasteiger partial charge in [0.25, 0.3) is 0 Å². The van der Waals surface area contributed by atoms with E-state index in [9.17, 15) is 0 Å². The number of ether oxygens (including phenoxy) is 1. The summed E-state index contributed by atoms with van der Waals surface area (Å²) in [4.78, 5) is 6.87. The van der Waals surface area contributed by atoms with Crippen molar-refractivity contribution < 1.29 is 9.26 Å². The van der Waals surface area contributed by atoms with E-state index in [0.717, 1.165) is 56.5 Å². The SMILES string of the molecule is Cc1noc([C@H]2CCCN(CCCOc3ccc(C)c(C)c3)C2)n1. The van der Waals surface area contributed by atoms with Crippen LogP contribution in [-0.4, -0.2) is 41.3 Å². The average Bonchev–Trinajstić information content (AvgIpc) is 3.02. The first-order valence-corrected chi connectivity index (χ1v) is 8.84. The summed E-state index contributed by atoms with van der Waals surface area (Å²) in [5, 5.41) is 3.91. The molecule has 5 nitrogen and oxygen atoms in total. The molecule has 0 saturated carbocycles. The van der Waals surface area contributed by atoms with E-state index >= 15 is 0 Å². The molecule has 0 unspecified atom stereocenters. The number of nitrogens with zero attached hydrogens (tertiary/aromatic N) is 3. The molecule has 1 fully saturated rings. The highest BCUT2D eigenvalue weighted by atomic mass is 16.5. The molecule has 1 atom stereocenters. The van der Waals surface area contributed by atoms with E-state index in [4.69, 9.17) is 9.26 Å². The molecule has 1 aromatic heterocycles. The van der Waals surface area contributed by atoms with Gasteiger partial charge < -0.3 is 14.2 Å². The molecule has 130 valence electrons. The molecule has 0 N–H and O–H groups in total. The first-order chi connectivity index (χ1) is 11.6. The van der Waals surface area contributed by atoms with Gasteiger partial charge in [-0.25, -0.2) is 0 Å². The smallest absolute Gasteiger partial charge is 0.231 e. The first kappa shape index (κ1) is 17.0. The molecule has 2 aromatic rings. The molecule has 0 spiro atoms. The average molecular weight is 329 g/mol. The van der Waals surface area contributed by atoms with Crippen molar-refractivity contribution in [1.29, 1.82) is 0 Å². The predicted molar refractivity (Wildman–Crippen MR) is 93.5 cm³/mol. The Balaban J connectivity index is 1.42. The number of benzene rings is 1. The molecule has 0 radical (unpaired) electrons. The van der Waals surface area contributed by atoms with Crippen LogP contribution < -0.4 is 4.74 Å². The normalized spacial score (nSPS) is 18.7. The Kier molecular flexibility index (Phi) is 5.51. The van der Waals surface area contributed by atoms with Crippen LogP contribution in [0.3, 0.4) is 0 Å². The number of likely N-dealkylation sites (tertiary alicyclic amines) is 1. The maximum absolute atomic E-state index is 5.88. The summed E-state index contributed by atoms with van der Waals surface area (Å²) < 4.78 is 11.2. The molecule has 1 aliphatic heterocycles. The summed E-state index contributed by atoms with van der Waals surface area (Å²) in [6.07, 6.45) is 3.35. The molecule has 1 aliphatic rings. The van der Waals surface area contributed by atoms with Crippen molar-refractivity contribution >= 4 is 0 Å². The molecule has 0 aliphatic carbocycles. The Morgan fingerprint density at radius 3 is 2.88 bits per heavy atom. The number of hydrogen-bond acceptors (Lipinski definition) is 5. The van der Waals surface area contributed by atoms with Crippen LogP contribution in [0.5, 0.6) is 5.75 Å². The minimum atomic E-state index is 0.376. The summed E-state index contributed by atoms with van der Waals surface area (Å²) in [5.41, 5.74) is 2.58. The lowest BCUT2D eigenvalue weighted by Crippen LogP contribution is -2.35. The van der Waals surface area contributed by atoms with E-state index in [-0.39, 0.29) is 0 Å². The summed E-state index contributed by atoms with van der Waals surface area (Å²) >= 11 is 0. The highest BCUT2D eigenvalue weighted by Crippen LogP contribution is 2.25. The fraction of sp³-hybridized carbons (Fsp3) is 0.579. The van der Waals surface area contributed by atoms with Crippen molar-refractivity contribution in [2.24, 2.45) is 0 Å². The van der Waals surface area contributed by atoms with E-state index in [1.165, 1.54) is 17.5 Å². The Bertz CT molecular complexity index is 668. The Hall–Kier alpha value is -1.88. The van der Waals surface area contributed by atoms with Gasteiger partial charge in [-0.3, -0.25) is 0 Å². The zero-order chi connectivity index (χ0) is 16.9. The van der Waals surface area contributed by atoms with Gasteiger partial charge in [0.2, 0.25) is 5.89 Å². The van der Waals surface area contributed by atoms with E-state index in [1.54, 1.807) is 0 Å². The summed E-state index contributed by atoms with van der Waals surface area (Å²) in [6, 6.07) is 6.29. The molecule has 1 saturated heterocycles. The number of rotatable bonds is 6. The molecule has 0 amide bonds. The molecule has 2 heterocycles. The molecule has 24 heavy (non-hydrogen) atoms. The molecule has 3 rings (SSSR count). The summed E-state index contributed by atoms with van der Waals surface area (Å²) in [7, 11) is 0. The van der Waals surface area contributed by atoms with Crippen LogP contribution in [-0.2, 0) is 0 Å². The molecular weight excluding hydrogens is 302 g/mol. The zero-order valence-corrected chi connectivity index (χ0v) is 14.9. The fourth-order valence-electron chi connectivity index (χ4n) is 3.22. The van der Waals surface area contributed by atoms with Crippen molar-refractivity contribution in [2.75, 3.05) is 26.2 Å². The third-order valence-corrected chi connectivity index (χ3v) is 4.76. The van der Waals surface area contributed by atoms with Gasteiger partial charge in [-0.05, 0) is 69.8 Å². The monoisotopic (exact) mass is 329 g/mol. The first-order valence-electron chi connectivity index (χ1n) is 8.84. The van der Waals surface area contributed by atoms with Crippen LogP contribution in [0.2, 0.25) is 0 Å². The van der Waals surface area contributed by atoms with Gasteiger partial charge in [0.15, 0.2) is 5.82 Å². The van der Waals surface area contributed by atoms with Gasteiger partial charge in [-0.15, -0.1) is 0 Å². The second kappa shape index (κ2) is 7.79. The van der Waals surface area contributed by atoms with Gasteiger partial charge >= 0.3 is 0 Å². The molecule has 0 bridgehead atoms. The second-order valence-corrected chi connectivity index (χ2v) is 6.77. The minimum absolute atomic E-state index is 0.376. The number of hydrogen-bond donors (Lipinski definition) is 0. The number of aryl methyl sites for hydroxylation is 3. The third kappa shape index (κ3) is 4.35. The van der Waals surface area contributed by atoms with Gasteiger partial charge in [0.1, 0.15) is 5.75 Å². The highest BCUT2D eigenvalue weighted by Gasteiger charge is 2.25. The van der Waals surface area contributed by atoms with Gasteiger partial charge in [0, 0.05) is 13.1 Å². The van der Waals surface area contributed by atoms with Gasteiger partial charge in [-0.1, -0.05) is 11.2 Å². The minimum Gasteiger partial charge on any atom is -0.494 e. The van der Waals surface area contributed by atoms with Crippen LogP contribution >= 0.6 is 0 Å². The molecule has 1 aromatic carbocycles. The van der Waals surface area contributed by atoms with Crippen molar-refractivity contribution in [1.82, 2.24) is 15.0 Å². The second-order valence-electron chi connectivity index (χ2n) is 6.77. The fourth-order valence-corrected chi connectivity index (χ4v) is 3.22. The lowest BCUT2D eigenvalue weighted by molar-refractivity contribution is 0.173. The van der Waals surface area contributed by atoms with Crippen LogP contribution in [0.4, 0.5) is 0 Å². The quantitative estimate of drug-likeness (QED) is 0.757. The Morgan fingerprint density at radius 2 is 2.12 bits per heavy atom. The predicted octanol–water partition coefficient (Wildman–Crippen LogP) is 3.64. The summed E-state index contributed by atoms with van der Waals surface area (Å²) in [5.74, 6) is 2.86. The lowest BCUT2D eigenvalue weighted by Gasteiger charge is -2.30. The Labute approximate surface area is 144 Å². The highest BCUT2D eigenvalue weighted by molar-refractivity contribution is 5.33. The van der Waals surface area contributed by atoms with Crippen molar-refractivity contribution in [2.45, 2.75) is 46.0 Å². The van der Waals surface area contributed by atoms with Crippen molar-refractivity contribution in [3.8, 4) is 5.75 Å². The molecular formula is C19H27N3O2. The van der Waals surface area contributed by atoms with Crippen molar-refractivity contribution in [3.63, 3.8) is 0 Å². The van der Waals surface area contributed by atoms with Crippen LogP contribution in [0.25, 0.3) is 0 Å². The topological polar surface area (TPSA) is 51.4 Å². The Morgan fingerprint density at radius 1 is 1.25 bits per heavy atom. The van der Waals surface area contributed by atoms with E-state index in [1.807, 2.05) is 6.92 Å². The maximum Gasteiger partial charge on any atom is 0.231 e. The van der Waals surface area contributed by atoms with Gasteiger partial charge in [0.05, 0.1) is 12.5 Å².